The van der Waals surface area contributed by atoms with E-state index in [4.69, 9.17) is 16.3 Å². The molecule has 0 spiro atoms. The summed E-state index contributed by atoms with van der Waals surface area (Å²) in [4.78, 5) is 18.6. The number of carbonyl (C=O) groups is 1. The average Bonchev–Trinajstić information content (AvgIpc) is 3.20. The number of hydrogen-bond acceptors (Lipinski definition) is 4. The van der Waals surface area contributed by atoms with Crippen LogP contribution in [0.3, 0.4) is 0 Å². The molecule has 1 amide bonds. The third kappa shape index (κ3) is 4.37. The number of halogens is 1. The summed E-state index contributed by atoms with van der Waals surface area (Å²) < 4.78 is 7.72. The normalized spacial score (nSPS) is 18.5. The summed E-state index contributed by atoms with van der Waals surface area (Å²) in [6.07, 6.45) is 4.27. The Morgan fingerprint density at radius 3 is 2.88 bits per heavy atom. The van der Waals surface area contributed by atoms with E-state index < -0.39 is 5.91 Å². The largest absolute Gasteiger partial charge is 0.507 e. The van der Waals surface area contributed by atoms with Crippen LogP contribution in [0.1, 0.15) is 48.8 Å². The summed E-state index contributed by atoms with van der Waals surface area (Å²) in [5.74, 6) is -0.630. The molecule has 0 bridgehead atoms. The molecule has 1 aromatic carbocycles. The van der Waals surface area contributed by atoms with Crippen molar-refractivity contribution >= 4 is 28.8 Å². The van der Waals surface area contributed by atoms with Crippen LogP contribution in [0.5, 0.6) is 5.75 Å². The Hall–Kier alpha value is -1.63. The van der Waals surface area contributed by atoms with Gasteiger partial charge in [0.15, 0.2) is 4.80 Å². The number of aromatic nitrogens is 1. The second-order valence-corrected chi connectivity index (χ2v) is 8.94. The first-order valence-electron chi connectivity index (χ1n) is 8.64. The van der Waals surface area contributed by atoms with E-state index in [2.05, 4.69) is 32.0 Å². The van der Waals surface area contributed by atoms with Crippen LogP contribution in [0.4, 0.5) is 0 Å². The van der Waals surface area contributed by atoms with Crippen molar-refractivity contribution in [2.45, 2.75) is 51.7 Å². The standard InChI is InChI=1S/C19H23ClN2O3S/c1-19(2,3)16-11-22(10-13-5-4-8-25-13)18(26-16)21-17(24)14-9-12(20)6-7-15(14)23/h6-7,9,11,13,23H,4-5,8,10H2,1-3H3/b21-18-/t13-/m1/s1. The van der Waals surface area contributed by atoms with Gasteiger partial charge in [0.05, 0.1) is 18.2 Å². The van der Waals surface area contributed by atoms with Crippen molar-refractivity contribution in [3.63, 3.8) is 0 Å². The van der Waals surface area contributed by atoms with Crippen LogP contribution in [-0.4, -0.2) is 28.3 Å². The Balaban J connectivity index is 2.00. The van der Waals surface area contributed by atoms with Gasteiger partial charge in [-0.05, 0) is 36.5 Å². The minimum atomic E-state index is -0.506. The lowest BCUT2D eigenvalue weighted by molar-refractivity contribution is 0.0948. The second-order valence-electron chi connectivity index (χ2n) is 7.49. The average molecular weight is 395 g/mol. The van der Waals surface area contributed by atoms with Gasteiger partial charge in [0, 0.05) is 22.7 Å². The van der Waals surface area contributed by atoms with Gasteiger partial charge >= 0.3 is 0 Å². The Kier molecular flexibility index (Phi) is 5.55. The summed E-state index contributed by atoms with van der Waals surface area (Å²) >= 11 is 7.44. The number of carbonyl (C=O) groups excluding carboxylic acids is 1. The monoisotopic (exact) mass is 394 g/mol. The maximum Gasteiger partial charge on any atom is 0.283 e. The number of amides is 1. The van der Waals surface area contributed by atoms with Gasteiger partial charge in [-0.1, -0.05) is 32.4 Å². The number of hydrogen-bond donors (Lipinski definition) is 1. The van der Waals surface area contributed by atoms with Crippen molar-refractivity contribution in [1.29, 1.82) is 0 Å². The van der Waals surface area contributed by atoms with Gasteiger partial charge in [-0.25, -0.2) is 0 Å². The summed E-state index contributed by atoms with van der Waals surface area (Å²) in [5.41, 5.74) is 0.0599. The van der Waals surface area contributed by atoms with E-state index in [0.29, 0.717) is 16.4 Å². The Morgan fingerprint density at radius 2 is 2.23 bits per heavy atom. The van der Waals surface area contributed by atoms with Gasteiger partial charge in [0.1, 0.15) is 5.75 Å². The second kappa shape index (κ2) is 7.55. The third-order valence-electron chi connectivity index (χ3n) is 4.27. The lowest BCUT2D eigenvalue weighted by Crippen LogP contribution is -2.23. The Bertz CT molecular complexity index is 874. The van der Waals surface area contributed by atoms with E-state index in [1.165, 1.54) is 29.5 Å². The maximum absolute atomic E-state index is 12.6. The molecule has 1 fully saturated rings. The SMILES string of the molecule is CC(C)(C)c1cn(C[C@H]2CCCO2)/c(=N/C(=O)c2cc(Cl)ccc2O)s1. The molecule has 5 nitrogen and oxygen atoms in total. The van der Waals surface area contributed by atoms with Crippen LogP contribution >= 0.6 is 22.9 Å². The van der Waals surface area contributed by atoms with Crippen molar-refractivity contribution in [1.82, 2.24) is 4.57 Å². The zero-order valence-corrected chi connectivity index (χ0v) is 16.7. The molecule has 0 saturated carbocycles. The summed E-state index contributed by atoms with van der Waals surface area (Å²) in [7, 11) is 0. The van der Waals surface area contributed by atoms with Crippen molar-refractivity contribution in [3.8, 4) is 5.75 Å². The zero-order chi connectivity index (χ0) is 18.9. The highest BCUT2D eigenvalue weighted by molar-refractivity contribution is 7.09. The van der Waals surface area contributed by atoms with E-state index in [1.54, 1.807) is 0 Å². The highest BCUT2D eigenvalue weighted by Gasteiger charge is 2.22. The van der Waals surface area contributed by atoms with Crippen LogP contribution in [-0.2, 0) is 16.7 Å². The van der Waals surface area contributed by atoms with E-state index in [0.717, 1.165) is 24.3 Å². The van der Waals surface area contributed by atoms with Crippen LogP contribution in [0.25, 0.3) is 0 Å². The zero-order valence-electron chi connectivity index (χ0n) is 15.2. The Labute approximate surface area is 161 Å². The number of phenolic OH excluding ortho intramolecular Hbond substituents is 1. The van der Waals surface area contributed by atoms with E-state index >= 15 is 0 Å². The molecule has 1 aliphatic rings. The third-order valence-corrected chi connectivity index (χ3v) is 5.95. The molecule has 0 radical (unpaired) electrons. The van der Waals surface area contributed by atoms with Crippen molar-refractivity contribution in [2.75, 3.05) is 6.61 Å². The highest BCUT2D eigenvalue weighted by Crippen LogP contribution is 2.26. The quantitative estimate of drug-likeness (QED) is 0.851. The first kappa shape index (κ1) is 19.1. The molecule has 3 rings (SSSR count). The van der Waals surface area contributed by atoms with Crippen LogP contribution in [0.2, 0.25) is 5.02 Å². The van der Waals surface area contributed by atoms with Gasteiger partial charge < -0.3 is 14.4 Å². The number of phenols is 1. The summed E-state index contributed by atoms with van der Waals surface area (Å²) in [6.45, 7) is 7.83. The predicted molar refractivity (Wildman–Crippen MR) is 103 cm³/mol. The molecule has 2 aromatic rings. The minimum Gasteiger partial charge on any atom is -0.507 e. The van der Waals surface area contributed by atoms with Gasteiger partial charge in [-0.3, -0.25) is 4.79 Å². The lowest BCUT2D eigenvalue weighted by atomic mass is 9.95. The molecule has 1 aromatic heterocycles. The lowest BCUT2D eigenvalue weighted by Gasteiger charge is -2.15. The van der Waals surface area contributed by atoms with Crippen LogP contribution in [0.15, 0.2) is 29.4 Å². The van der Waals surface area contributed by atoms with Crippen LogP contribution in [0, 0.1) is 0 Å². The van der Waals surface area contributed by atoms with Gasteiger partial charge in [-0.15, -0.1) is 11.3 Å². The maximum atomic E-state index is 12.6. The molecule has 26 heavy (non-hydrogen) atoms. The number of ether oxygens (including phenoxy) is 1. The number of thiazole rings is 1. The minimum absolute atomic E-state index is 0.0437. The van der Waals surface area contributed by atoms with Gasteiger partial charge in [0.25, 0.3) is 5.91 Å². The molecule has 7 heteroatoms. The number of nitrogens with zero attached hydrogens (tertiary/aromatic N) is 2. The summed E-state index contributed by atoms with van der Waals surface area (Å²) in [5, 5.41) is 10.3. The van der Waals surface area contributed by atoms with Gasteiger partial charge in [-0.2, -0.15) is 4.99 Å². The van der Waals surface area contributed by atoms with Crippen molar-refractivity contribution in [2.24, 2.45) is 4.99 Å². The van der Waals surface area contributed by atoms with Crippen molar-refractivity contribution in [3.05, 3.63) is 44.7 Å². The molecule has 0 unspecified atom stereocenters. The first-order chi connectivity index (χ1) is 12.2. The Morgan fingerprint density at radius 1 is 1.46 bits per heavy atom. The molecule has 1 saturated heterocycles. The van der Waals surface area contributed by atoms with Gasteiger partial charge in [0.2, 0.25) is 0 Å². The molecular formula is C19H23ClN2O3S. The van der Waals surface area contributed by atoms with E-state index in [1.807, 2.05) is 4.57 Å². The molecule has 1 aliphatic heterocycles. The fourth-order valence-electron chi connectivity index (χ4n) is 2.78. The predicted octanol–water partition coefficient (Wildman–Crippen LogP) is 4.13. The molecule has 140 valence electrons. The fraction of sp³-hybridized carbons (Fsp3) is 0.474. The van der Waals surface area contributed by atoms with E-state index in [9.17, 15) is 9.90 Å². The number of rotatable bonds is 3. The molecule has 0 aliphatic carbocycles. The molecule has 1 atom stereocenters. The first-order valence-corrected chi connectivity index (χ1v) is 9.83. The smallest absolute Gasteiger partial charge is 0.283 e. The number of benzene rings is 1. The van der Waals surface area contributed by atoms with Crippen molar-refractivity contribution < 1.29 is 14.6 Å². The number of aromatic hydroxyl groups is 1. The topological polar surface area (TPSA) is 63.8 Å². The fourth-order valence-corrected chi connectivity index (χ4v) is 4.01. The van der Waals surface area contributed by atoms with Crippen LogP contribution < -0.4 is 4.80 Å². The highest BCUT2D eigenvalue weighted by atomic mass is 35.5. The summed E-state index contributed by atoms with van der Waals surface area (Å²) in [6, 6.07) is 4.38. The van der Waals surface area contributed by atoms with E-state index in [-0.39, 0.29) is 22.8 Å². The molecular weight excluding hydrogens is 372 g/mol. The molecule has 1 N–H and O–H groups in total. The molecule has 2 heterocycles.